The molecule has 2 aromatic carbocycles. The van der Waals surface area contributed by atoms with E-state index in [9.17, 15) is 41.8 Å². The molecule has 60 heavy (non-hydrogen) atoms. The predicted molar refractivity (Wildman–Crippen MR) is 210 cm³/mol. The van der Waals surface area contributed by atoms with Gasteiger partial charge < -0.3 is 38.3 Å². The van der Waals surface area contributed by atoms with Crippen LogP contribution in [-0.4, -0.2) is 89.8 Å². The summed E-state index contributed by atoms with van der Waals surface area (Å²) >= 11 is 5.23. The number of esters is 2. The third-order valence-corrected chi connectivity index (χ3v) is 18.6. The van der Waals surface area contributed by atoms with Crippen LogP contribution < -0.4 is 4.74 Å². The molecule has 2 aromatic rings. The average molecular weight is 885 g/mol. The zero-order chi connectivity index (χ0) is 44.5. The van der Waals surface area contributed by atoms with Crippen molar-refractivity contribution in [3.8, 4) is 5.75 Å². The Balaban J connectivity index is 1.64. The number of hydrogen-bond acceptors (Lipinski definition) is 12. The molecule has 1 heterocycles. The fourth-order valence-corrected chi connectivity index (χ4v) is 13.2. The number of ether oxygens (including phenoxy) is 5. The van der Waals surface area contributed by atoms with Gasteiger partial charge in [-0.1, -0.05) is 52.8 Å². The first-order valence-electron chi connectivity index (χ1n) is 19.8. The minimum atomic E-state index is -2.72. The van der Waals surface area contributed by atoms with Gasteiger partial charge in [0.1, 0.15) is 17.8 Å². The van der Waals surface area contributed by atoms with Crippen molar-refractivity contribution in [3.63, 3.8) is 0 Å². The molecule has 11 nitrogen and oxygen atoms in total. The maximum atomic E-state index is 16.1. The average Bonchev–Trinajstić information content (AvgIpc) is 3.20. The lowest BCUT2D eigenvalue weighted by Gasteiger charge is -2.68. The summed E-state index contributed by atoms with van der Waals surface area (Å²) in [6, 6.07) is 9.65. The molecule has 3 fully saturated rings. The van der Waals surface area contributed by atoms with Gasteiger partial charge in [-0.15, -0.1) is 0 Å². The first-order chi connectivity index (χ1) is 28.0. The zero-order valence-corrected chi connectivity index (χ0v) is 36.3. The van der Waals surface area contributed by atoms with E-state index in [0.29, 0.717) is 18.1 Å². The smallest absolute Gasteiger partial charge is 0.359 e. The molecule has 0 unspecified atom stereocenters. The van der Waals surface area contributed by atoms with Crippen molar-refractivity contribution >= 4 is 43.5 Å². The van der Waals surface area contributed by atoms with E-state index in [1.807, 2.05) is 20.8 Å². The van der Waals surface area contributed by atoms with Gasteiger partial charge in [0.2, 0.25) is 34.8 Å². The number of carbonyl (C=O) groups excluding carboxylic acids is 3. The van der Waals surface area contributed by atoms with Crippen LogP contribution in [0.25, 0.3) is 0 Å². The van der Waals surface area contributed by atoms with Gasteiger partial charge >= 0.3 is 17.2 Å². The molecule has 4 aliphatic rings. The van der Waals surface area contributed by atoms with Gasteiger partial charge in [-0.25, -0.2) is 18.0 Å². The van der Waals surface area contributed by atoms with E-state index in [-0.39, 0.29) is 29.7 Å². The molecule has 9 atom stereocenters. The maximum absolute atomic E-state index is 16.1. The van der Waals surface area contributed by atoms with E-state index in [0.717, 1.165) is 6.92 Å². The molecule has 2 N–H and O–H groups in total. The highest BCUT2D eigenvalue weighted by molar-refractivity contribution is 7.79. The summed E-state index contributed by atoms with van der Waals surface area (Å²) in [6.45, 7) is 12.7. The molecular formula is C42H49F5O11SSi. The Hall–Kier alpha value is -3.81. The fraction of sp³-hybridized carbons (Fsp3) is 0.571. The maximum Gasteiger partial charge on any atom is 0.359 e. The molecule has 0 spiro atoms. The summed E-state index contributed by atoms with van der Waals surface area (Å²) in [4.78, 5) is 43.5. The number of Topliss-reactive ketones (excluding diaryl/α,β-unsaturated/α-hetero) is 1. The highest BCUT2D eigenvalue weighted by atomic mass is 32.1. The molecule has 3 aliphatic carbocycles. The summed E-state index contributed by atoms with van der Waals surface area (Å²) < 4.78 is 109. The van der Waals surface area contributed by atoms with Crippen LogP contribution in [0.4, 0.5) is 22.0 Å². The topological polar surface area (TPSA) is 147 Å². The first-order valence-corrected chi connectivity index (χ1v) is 22.8. The number of fused-ring (bicyclic) bond motifs is 5. The Morgan fingerprint density at radius 3 is 2.02 bits per heavy atom. The van der Waals surface area contributed by atoms with Crippen LogP contribution in [0.2, 0.25) is 18.1 Å². The van der Waals surface area contributed by atoms with Crippen LogP contribution in [0.15, 0.2) is 41.5 Å². The summed E-state index contributed by atoms with van der Waals surface area (Å²) in [7, 11) is -2.72. The van der Waals surface area contributed by atoms with Gasteiger partial charge in [0.05, 0.1) is 35.7 Å². The van der Waals surface area contributed by atoms with Crippen LogP contribution >= 0.6 is 12.2 Å². The zero-order valence-electron chi connectivity index (χ0n) is 34.5. The number of aliphatic hydroxyl groups is 2. The lowest BCUT2D eigenvalue weighted by Crippen LogP contribution is -2.82. The van der Waals surface area contributed by atoms with Crippen molar-refractivity contribution < 1.29 is 74.7 Å². The minimum absolute atomic E-state index is 0.0409. The van der Waals surface area contributed by atoms with E-state index >= 15 is 4.79 Å². The predicted octanol–water partition coefficient (Wildman–Crippen LogP) is 7.20. The lowest BCUT2D eigenvalue weighted by atomic mass is 9.44. The largest absolute Gasteiger partial charge is 0.455 e. The summed E-state index contributed by atoms with van der Waals surface area (Å²) in [5.74, 6) is -17.7. The van der Waals surface area contributed by atoms with E-state index in [1.54, 1.807) is 18.2 Å². The van der Waals surface area contributed by atoms with Crippen molar-refractivity contribution in [3.05, 3.63) is 76.1 Å². The number of halogens is 5. The van der Waals surface area contributed by atoms with Crippen LogP contribution in [0.3, 0.4) is 0 Å². The first kappa shape index (κ1) is 45.7. The van der Waals surface area contributed by atoms with E-state index in [1.165, 1.54) is 39.8 Å². The van der Waals surface area contributed by atoms with E-state index in [4.69, 9.17) is 40.3 Å². The van der Waals surface area contributed by atoms with Crippen LogP contribution in [0, 0.1) is 45.8 Å². The molecule has 2 bridgehead atoms. The van der Waals surface area contributed by atoms with E-state index in [2.05, 4.69) is 0 Å². The normalized spacial score (nSPS) is 32.1. The molecule has 2 saturated carbocycles. The molecule has 6 rings (SSSR count). The summed E-state index contributed by atoms with van der Waals surface area (Å²) in [5.41, 5.74) is -7.80. The molecule has 1 aliphatic heterocycles. The minimum Gasteiger partial charge on any atom is -0.455 e. The second-order valence-corrected chi connectivity index (χ2v) is 21.9. The Bertz CT molecular complexity index is 2080. The lowest BCUT2D eigenvalue weighted by molar-refractivity contribution is -0.344. The molecular weight excluding hydrogens is 836 g/mol. The van der Waals surface area contributed by atoms with Crippen LogP contribution in [0.5, 0.6) is 5.75 Å². The van der Waals surface area contributed by atoms with Crippen molar-refractivity contribution in [1.29, 1.82) is 0 Å². The summed E-state index contributed by atoms with van der Waals surface area (Å²) in [6.07, 6.45) is -7.96. The van der Waals surface area contributed by atoms with Crippen LogP contribution in [-0.2, 0) is 33.0 Å². The Labute approximate surface area is 350 Å². The van der Waals surface area contributed by atoms with Gasteiger partial charge in [0.25, 0.3) is 0 Å². The van der Waals surface area contributed by atoms with Crippen molar-refractivity contribution in [1.82, 2.24) is 0 Å². The molecule has 0 amide bonds. The number of hydrogen-bond donors (Lipinski definition) is 2. The number of carbonyl (C=O) groups is 3. The Morgan fingerprint density at radius 2 is 1.50 bits per heavy atom. The van der Waals surface area contributed by atoms with Gasteiger partial charge in [-0.2, -0.15) is 8.78 Å². The molecule has 18 heteroatoms. The van der Waals surface area contributed by atoms with Crippen molar-refractivity contribution in [2.45, 2.75) is 128 Å². The second-order valence-electron chi connectivity index (χ2n) is 16.9. The molecule has 328 valence electrons. The summed E-state index contributed by atoms with van der Waals surface area (Å²) in [5, 5.41) is 24.0. The third-order valence-electron chi connectivity index (χ3n) is 13.8. The van der Waals surface area contributed by atoms with Gasteiger partial charge in [0.15, 0.2) is 25.8 Å². The number of rotatable bonds is 10. The van der Waals surface area contributed by atoms with Gasteiger partial charge in [-0.05, 0) is 55.3 Å². The number of aliphatic hydroxyl groups excluding tert-OH is 1. The second kappa shape index (κ2) is 16.1. The standard InChI is InChI=1S/C42H49F5O11SSi/c1-9-60(10-2,11-3)58-24-17-25-41(19-53-25,57-21(5)48)34-36(56-37(51)22-15-13-12-14-16-22)42(52)18-23(49)20(4)26(39(42,6)7)32(35(50)40(24,34)8)54-38(59)55-33-30(46)28(44)27(43)29(45)31(33)47/h12-16,23-25,32,34,36,49,52H,9-11,17-19H2,1-8H3/t23-,24-,25+,32+,34-,36-,40+,41-,42+/m0/s1. The van der Waals surface area contributed by atoms with Gasteiger partial charge in [0, 0.05) is 37.4 Å². The molecule has 0 aromatic heterocycles. The monoisotopic (exact) mass is 884 g/mol. The van der Waals surface area contributed by atoms with Crippen LogP contribution in [0.1, 0.15) is 78.6 Å². The van der Waals surface area contributed by atoms with E-state index < -0.39 is 131 Å². The highest BCUT2D eigenvalue weighted by Crippen LogP contribution is 2.65. The van der Waals surface area contributed by atoms with Crippen molar-refractivity contribution in [2.75, 3.05) is 6.61 Å². The Kier molecular flexibility index (Phi) is 12.3. The SMILES string of the molecule is CC[Si](CC)(CC)O[C@H]1C[C@H]2OC[C@@]2(OC(C)=O)[C@H]2[C@H](OC(=O)c3ccccc3)[C@]3(O)C[C@H](O)C(C)=C([C@@H](OC(=S)Oc4c(F)c(F)c(F)c(F)c4F)C(=O)[C@]12C)C3(C)C. The fourth-order valence-electron chi connectivity index (χ4n) is 10.1. The number of ketones is 1. The van der Waals surface area contributed by atoms with Crippen molar-refractivity contribution in [2.24, 2.45) is 16.7 Å². The molecule has 0 radical (unpaired) electrons. The van der Waals surface area contributed by atoms with Gasteiger partial charge in [-0.3, -0.25) is 9.59 Å². The number of benzene rings is 2. The number of thiocarbonyl (C=S) groups is 1. The molecule has 1 saturated heterocycles. The highest BCUT2D eigenvalue weighted by Gasteiger charge is 2.78. The third kappa shape index (κ3) is 6.89. The Morgan fingerprint density at radius 1 is 0.933 bits per heavy atom. The quantitative estimate of drug-likeness (QED) is 0.0474.